The number of sulfonamides is 1. The Balaban J connectivity index is 2.19. The molecule has 0 atom stereocenters. The highest BCUT2D eigenvalue weighted by atomic mass is 32.2. The van der Waals surface area contributed by atoms with Crippen molar-refractivity contribution < 1.29 is 17.9 Å². The molecule has 1 saturated heterocycles. The van der Waals surface area contributed by atoms with E-state index in [9.17, 15) is 8.42 Å². The van der Waals surface area contributed by atoms with Crippen LogP contribution in [0.2, 0.25) is 0 Å². The summed E-state index contributed by atoms with van der Waals surface area (Å²) < 4.78 is 38.7. The lowest BCUT2D eigenvalue weighted by Crippen LogP contribution is -2.47. The minimum Gasteiger partial charge on any atom is -0.495 e. The Hall–Kier alpha value is -1.15. The lowest BCUT2D eigenvalue weighted by Gasteiger charge is -2.37. The largest absolute Gasteiger partial charge is 0.495 e. The van der Waals surface area contributed by atoms with Gasteiger partial charge < -0.3 is 14.8 Å². The van der Waals surface area contributed by atoms with Crippen LogP contribution in [0.5, 0.6) is 5.75 Å². The molecule has 1 heterocycles. The van der Waals surface area contributed by atoms with E-state index in [0.29, 0.717) is 18.9 Å². The summed E-state index contributed by atoms with van der Waals surface area (Å²) in [4.78, 5) is 0.182. The number of ether oxygens (including phenoxy) is 2. The predicted molar refractivity (Wildman–Crippen MR) is 89.3 cm³/mol. The van der Waals surface area contributed by atoms with Gasteiger partial charge in [0.1, 0.15) is 10.6 Å². The zero-order valence-corrected chi connectivity index (χ0v) is 14.8. The van der Waals surface area contributed by atoms with E-state index in [1.165, 1.54) is 7.11 Å². The number of hydrogen-bond acceptors (Lipinski definition) is 5. The third kappa shape index (κ3) is 4.44. The Labute approximate surface area is 138 Å². The average molecular weight is 342 g/mol. The fourth-order valence-electron chi connectivity index (χ4n) is 2.96. The van der Waals surface area contributed by atoms with E-state index in [2.05, 4.69) is 10.0 Å². The van der Waals surface area contributed by atoms with Crippen LogP contribution in [0.15, 0.2) is 23.1 Å². The van der Waals surface area contributed by atoms with E-state index in [1.54, 1.807) is 19.2 Å². The number of hydrogen-bond donors (Lipinski definition) is 2. The zero-order valence-electron chi connectivity index (χ0n) is 14.0. The van der Waals surface area contributed by atoms with Crippen molar-refractivity contribution >= 4 is 10.0 Å². The van der Waals surface area contributed by atoms with Crippen LogP contribution in [-0.4, -0.2) is 48.9 Å². The van der Waals surface area contributed by atoms with Gasteiger partial charge in [-0.05, 0) is 50.6 Å². The van der Waals surface area contributed by atoms with E-state index >= 15 is 0 Å². The molecule has 0 radical (unpaired) electrons. The van der Waals surface area contributed by atoms with Gasteiger partial charge >= 0.3 is 0 Å². The van der Waals surface area contributed by atoms with Crippen molar-refractivity contribution in [1.29, 1.82) is 0 Å². The first-order valence-electron chi connectivity index (χ1n) is 7.76. The van der Waals surface area contributed by atoms with Crippen LogP contribution in [0.1, 0.15) is 18.4 Å². The number of rotatable bonds is 7. The van der Waals surface area contributed by atoms with Gasteiger partial charge in [0.15, 0.2) is 0 Å². The standard InChI is InChI=1S/C16H26N2O4S/c1-13-4-5-14(22-3)15(10-13)23(19,20)18-11-16(12-21-2)6-8-17-9-7-16/h4-5,10,17-18H,6-9,11-12H2,1-3H3. The summed E-state index contributed by atoms with van der Waals surface area (Å²) >= 11 is 0. The van der Waals surface area contributed by atoms with Crippen LogP contribution in [-0.2, 0) is 14.8 Å². The van der Waals surface area contributed by atoms with Gasteiger partial charge in [0, 0.05) is 19.1 Å². The summed E-state index contributed by atoms with van der Waals surface area (Å²) in [6.45, 7) is 4.51. The smallest absolute Gasteiger partial charge is 0.244 e. The fourth-order valence-corrected chi connectivity index (χ4v) is 4.36. The maximum absolute atomic E-state index is 12.7. The first-order chi connectivity index (χ1) is 10.9. The zero-order chi connectivity index (χ0) is 16.9. The van der Waals surface area contributed by atoms with E-state index < -0.39 is 10.0 Å². The topological polar surface area (TPSA) is 76.7 Å². The molecule has 1 fully saturated rings. The van der Waals surface area contributed by atoms with Gasteiger partial charge in [-0.1, -0.05) is 6.07 Å². The van der Waals surface area contributed by atoms with Gasteiger partial charge in [-0.25, -0.2) is 13.1 Å². The molecule has 130 valence electrons. The van der Waals surface area contributed by atoms with E-state index in [0.717, 1.165) is 31.5 Å². The van der Waals surface area contributed by atoms with Crippen LogP contribution in [0.4, 0.5) is 0 Å². The molecule has 2 N–H and O–H groups in total. The average Bonchev–Trinajstić information content (AvgIpc) is 2.54. The molecule has 7 heteroatoms. The van der Waals surface area contributed by atoms with E-state index in [1.807, 2.05) is 13.0 Å². The molecule has 6 nitrogen and oxygen atoms in total. The SMILES string of the molecule is COCC1(CNS(=O)(=O)c2cc(C)ccc2OC)CCNCC1. The molecule has 1 aromatic rings. The van der Waals surface area contributed by atoms with Crippen molar-refractivity contribution in [3.05, 3.63) is 23.8 Å². The highest BCUT2D eigenvalue weighted by Crippen LogP contribution is 2.30. The van der Waals surface area contributed by atoms with Crippen molar-refractivity contribution in [1.82, 2.24) is 10.0 Å². The summed E-state index contributed by atoms with van der Waals surface area (Å²) in [5.74, 6) is 0.356. The number of nitrogens with one attached hydrogen (secondary N) is 2. The van der Waals surface area contributed by atoms with Crippen molar-refractivity contribution in [2.24, 2.45) is 5.41 Å². The van der Waals surface area contributed by atoms with Gasteiger partial charge in [0.05, 0.1) is 13.7 Å². The number of methoxy groups -OCH3 is 2. The van der Waals surface area contributed by atoms with Gasteiger partial charge in [-0.3, -0.25) is 0 Å². The molecule has 0 amide bonds. The lowest BCUT2D eigenvalue weighted by atomic mass is 9.80. The van der Waals surface area contributed by atoms with Crippen LogP contribution < -0.4 is 14.8 Å². The second kappa shape index (κ2) is 7.61. The quantitative estimate of drug-likeness (QED) is 0.781. The number of aryl methyl sites for hydroxylation is 1. The van der Waals surface area contributed by atoms with Crippen LogP contribution in [0.3, 0.4) is 0 Å². The van der Waals surface area contributed by atoms with Crippen molar-refractivity contribution in [3.8, 4) is 5.75 Å². The van der Waals surface area contributed by atoms with Crippen LogP contribution in [0, 0.1) is 12.3 Å². The summed E-state index contributed by atoms with van der Waals surface area (Å²) in [5, 5.41) is 3.30. The molecule has 1 aromatic carbocycles. The maximum Gasteiger partial charge on any atom is 0.244 e. The molecular formula is C16H26N2O4S. The highest BCUT2D eigenvalue weighted by Gasteiger charge is 2.34. The molecule has 0 saturated carbocycles. The Bertz CT molecular complexity index is 619. The molecule has 0 aromatic heterocycles. The molecule has 23 heavy (non-hydrogen) atoms. The Morgan fingerprint density at radius 1 is 1.26 bits per heavy atom. The Kier molecular flexibility index (Phi) is 6.02. The predicted octanol–water partition coefficient (Wildman–Crippen LogP) is 1.30. The molecule has 0 unspecified atom stereocenters. The first-order valence-corrected chi connectivity index (χ1v) is 9.25. The molecule has 0 spiro atoms. The Morgan fingerprint density at radius 3 is 2.57 bits per heavy atom. The third-order valence-corrected chi connectivity index (χ3v) is 5.78. The molecule has 1 aliphatic heterocycles. The van der Waals surface area contributed by atoms with Crippen molar-refractivity contribution in [3.63, 3.8) is 0 Å². The second-order valence-corrected chi connectivity index (χ2v) is 7.90. The summed E-state index contributed by atoms with van der Waals surface area (Å²) in [5.41, 5.74) is 0.712. The molecular weight excluding hydrogens is 316 g/mol. The van der Waals surface area contributed by atoms with Gasteiger partial charge in [0.25, 0.3) is 0 Å². The fraction of sp³-hybridized carbons (Fsp3) is 0.625. The minimum absolute atomic E-state index is 0.163. The van der Waals surface area contributed by atoms with Crippen molar-refractivity contribution in [2.75, 3.05) is 40.5 Å². The summed E-state index contributed by atoms with van der Waals surface area (Å²) in [6.07, 6.45) is 1.77. The number of benzene rings is 1. The molecule has 0 bridgehead atoms. The van der Waals surface area contributed by atoms with Crippen molar-refractivity contribution in [2.45, 2.75) is 24.7 Å². The highest BCUT2D eigenvalue weighted by molar-refractivity contribution is 7.89. The van der Waals surface area contributed by atoms with Gasteiger partial charge in [-0.15, -0.1) is 0 Å². The molecule has 0 aliphatic carbocycles. The monoisotopic (exact) mass is 342 g/mol. The summed E-state index contributed by atoms with van der Waals surface area (Å²) in [7, 11) is -0.503. The lowest BCUT2D eigenvalue weighted by molar-refractivity contribution is 0.0577. The first kappa shape index (κ1) is 18.2. The molecule has 1 aliphatic rings. The van der Waals surface area contributed by atoms with Gasteiger partial charge in [0.2, 0.25) is 10.0 Å². The third-order valence-electron chi connectivity index (χ3n) is 4.36. The van der Waals surface area contributed by atoms with Gasteiger partial charge in [-0.2, -0.15) is 0 Å². The summed E-state index contributed by atoms with van der Waals surface area (Å²) in [6, 6.07) is 5.14. The second-order valence-electron chi connectivity index (χ2n) is 6.16. The molecule has 2 rings (SSSR count). The van der Waals surface area contributed by atoms with Crippen LogP contribution in [0.25, 0.3) is 0 Å². The van der Waals surface area contributed by atoms with E-state index in [-0.39, 0.29) is 10.3 Å². The minimum atomic E-state index is -3.63. The van der Waals surface area contributed by atoms with Crippen LogP contribution >= 0.6 is 0 Å². The Morgan fingerprint density at radius 2 is 1.96 bits per heavy atom. The normalized spacial score (nSPS) is 17.9. The maximum atomic E-state index is 12.7. The van der Waals surface area contributed by atoms with E-state index in [4.69, 9.17) is 9.47 Å². The number of piperidine rings is 1.